The molecule has 0 aromatic rings. The van der Waals surface area contributed by atoms with Crippen molar-refractivity contribution in [2.45, 2.75) is 59.3 Å². The van der Waals surface area contributed by atoms with E-state index in [9.17, 15) is 19.2 Å². The predicted octanol–water partition coefficient (Wildman–Crippen LogP) is 2.70. The fourth-order valence-electron chi connectivity index (χ4n) is 1.79. The summed E-state index contributed by atoms with van der Waals surface area (Å²) in [6.45, 7) is 4.54. The molecule has 0 N–H and O–H groups in total. The smallest absolute Gasteiger partial charge is 0.321 e. The highest BCUT2D eigenvalue weighted by molar-refractivity contribution is 5.95. The first kappa shape index (κ1) is 20.0. The minimum Gasteiger partial charge on any atom is -0.394 e. The summed E-state index contributed by atoms with van der Waals surface area (Å²) >= 11 is 0. The minimum atomic E-state index is -0.562. The van der Waals surface area contributed by atoms with E-state index in [1.807, 2.05) is 6.08 Å². The topological polar surface area (TPSA) is 86.7 Å². The number of allylic oxidation sites excluding steroid dienone is 1. The molecule has 124 valence electrons. The van der Waals surface area contributed by atoms with Gasteiger partial charge in [-0.15, -0.1) is 0 Å². The third kappa shape index (κ3) is 10.8. The van der Waals surface area contributed by atoms with Crippen LogP contribution in [0.3, 0.4) is 0 Å². The Labute approximate surface area is 130 Å². The predicted molar refractivity (Wildman–Crippen MR) is 79.6 cm³/mol. The molecule has 1 aliphatic heterocycles. The second-order valence-electron chi connectivity index (χ2n) is 4.97. The standard InChI is InChI=1S/C12H18O3.C4H6O3/c1-2-3-4-5-6-7-8-10-9-11(13)15-12(10)14;1-3(5)7-4(2)6/h7-8,10H,2-6,9H2,1H3;1-2H3. The van der Waals surface area contributed by atoms with Gasteiger partial charge in [0, 0.05) is 13.8 Å². The van der Waals surface area contributed by atoms with Crippen LogP contribution < -0.4 is 0 Å². The van der Waals surface area contributed by atoms with Crippen molar-refractivity contribution in [2.24, 2.45) is 5.92 Å². The summed E-state index contributed by atoms with van der Waals surface area (Å²) < 4.78 is 8.41. The SMILES string of the molecule is CC(=O)OC(C)=O.CCCCCCC=CC1CC(=O)OC1=O. The number of ether oxygens (including phenoxy) is 2. The molecular weight excluding hydrogens is 288 g/mol. The van der Waals surface area contributed by atoms with Gasteiger partial charge in [0.1, 0.15) is 0 Å². The van der Waals surface area contributed by atoms with Gasteiger partial charge in [-0.1, -0.05) is 38.3 Å². The first-order valence-electron chi connectivity index (χ1n) is 7.47. The van der Waals surface area contributed by atoms with Crippen LogP contribution in [0.15, 0.2) is 12.2 Å². The summed E-state index contributed by atoms with van der Waals surface area (Å²) in [5.74, 6) is -2.26. The Bertz CT molecular complexity index is 412. The van der Waals surface area contributed by atoms with Crippen molar-refractivity contribution in [3.05, 3.63) is 12.2 Å². The molecule has 0 saturated carbocycles. The molecule has 0 aliphatic carbocycles. The Hall–Kier alpha value is -1.98. The van der Waals surface area contributed by atoms with Crippen LogP contribution in [0.5, 0.6) is 0 Å². The summed E-state index contributed by atoms with van der Waals surface area (Å²) in [5.41, 5.74) is 0. The van der Waals surface area contributed by atoms with Crippen molar-refractivity contribution in [2.75, 3.05) is 0 Å². The molecule has 1 aliphatic rings. The molecular formula is C16H24O6. The average Bonchev–Trinajstić information content (AvgIpc) is 2.71. The normalized spacial score (nSPS) is 17.0. The number of unbranched alkanes of at least 4 members (excludes halogenated alkanes) is 4. The van der Waals surface area contributed by atoms with Crippen molar-refractivity contribution in [3.8, 4) is 0 Å². The Morgan fingerprint density at radius 2 is 1.82 bits per heavy atom. The second-order valence-corrected chi connectivity index (χ2v) is 4.97. The first-order chi connectivity index (χ1) is 10.4. The van der Waals surface area contributed by atoms with Crippen LogP contribution in [0.2, 0.25) is 0 Å². The summed E-state index contributed by atoms with van der Waals surface area (Å²) in [6, 6.07) is 0. The highest BCUT2D eigenvalue weighted by Gasteiger charge is 2.30. The fourth-order valence-corrected chi connectivity index (χ4v) is 1.79. The number of esters is 4. The molecule has 0 aromatic carbocycles. The van der Waals surface area contributed by atoms with Crippen LogP contribution in [0.25, 0.3) is 0 Å². The highest BCUT2D eigenvalue weighted by atomic mass is 16.6. The number of rotatable bonds is 6. The third-order valence-electron chi connectivity index (χ3n) is 2.78. The van der Waals surface area contributed by atoms with E-state index in [4.69, 9.17) is 0 Å². The molecule has 1 rings (SSSR count). The van der Waals surface area contributed by atoms with Gasteiger partial charge in [0.05, 0.1) is 12.3 Å². The number of carbonyl (C=O) groups excluding carboxylic acids is 4. The van der Waals surface area contributed by atoms with E-state index < -0.39 is 23.9 Å². The zero-order valence-electron chi connectivity index (χ0n) is 13.4. The summed E-state index contributed by atoms with van der Waals surface area (Å²) in [5, 5.41) is 0. The molecule has 0 amide bonds. The van der Waals surface area contributed by atoms with Gasteiger partial charge < -0.3 is 9.47 Å². The quantitative estimate of drug-likeness (QED) is 0.324. The van der Waals surface area contributed by atoms with Crippen LogP contribution >= 0.6 is 0 Å². The van der Waals surface area contributed by atoms with Gasteiger partial charge in [0.25, 0.3) is 0 Å². The molecule has 6 nitrogen and oxygen atoms in total. The molecule has 0 aromatic heterocycles. The maximum Gasteiger partial charge on any atom is 0.321 e. The van der Waals surface area contributed by atoms with Crippen LogP contribution in [-0.4, -0.2) is 23.9 Å². The third-order valence-corrected chi connectivity index (χ3v) is 2.78. The molecule has 6 heteroatoms. The fraction of sp³-hybridized carbons (Fsp3) is 0.625. The molecule has 1 atom stereocenters. The van der Waals surface area contributed by atoms with Crippen LogP contribution in [-0.2, 0) is 28.7 Å². The van der Waals surface area contributed by atoms with Crippen LogP contribution in [0, 0.1) is 5.92 Å². The van der Waals surface area contributed by atoms with E-state index in [2.05, 4.69) is 16.4 Å². The Morgan fingerprint density at radius 1 is 1.18 bits per heavy atom. The monoisotopic (exact) mass is 312 g/mol. The summed E-state index contributed by atoms with van der Waals surface area (Å²) in [4.78, 5) is 41.4. The second kappa shape index (κ2) is 11.7. The minimum absolute atomic E-state index is 0.213. The van der Waals surface area contributed by atoms with Crippen LogP contribution in [0.1, 0.15) is 59.3 Å². The van der Waals surface area contributed by atoms with Crippen molar-refractivity contribution in [1.82, 2.24) is 0 Å². The van der Waals surface area contributed by atoms with Gasteiger partial charge in [-0.2, -0.15) is 0 Å². The van der Waals surface area contributed by atoms with E-state index >= 15 is 0 Å². The van der Waals surface area contributed by atoms with Gasteiger partial charge >= 0.3 is 23.9 Å². The van der Waals surface area contributed by atoms with Gasteiger partial charge in [0.2, 0.25) is 0 Å². The van der Waals surface area contributed by atoms with Gasteiger partial charge in [-0.25, -0.2) is 0 Å². The van der Waals surface area contributed by atoms with Gasteiger partial charge in [-0.05, 0) is 12.8 Å². The maximum absolute atomic E-state index is 11.1. The highest BCUT2D eigenvalue weighted by Crippen LogP contribution is 2.17. The molecule has 0 spiro atoms. The Morgan fingerprint density at radius 3 is 2.23 bits per heavy atom. The molecule has 1 fully saturated rings. The molecule has 1 saturated heterocycles. The molecule has 1 heterocycles. The van der Waals surface area contributed by atoms with E-state index in [1.165, 1.54) is 33.1 Å². The summed E-state index contributed by atoms with van der Waals surface area (Å²) in [6.07, 6.45) is 9.86. The largest absolute Gasteiger partial charge is 0.394 e. The van der Waals surface area contributed by atoms with E-state index in [0.717, 1.165) is 12.8 Å². The maximum atomic E-state index is 11.1. The van der Waals surface area contributed by atoms with Crippen molar-refractivity contribution in [3.63, 3.8) is 0 Å². The zero-order chi connectivity index (χ0) is 17.0. The van der Waals surface area contributed by atoms with E-state index in [0.29, 0.717) is 0 Å². The lowest BCUT2D eigenvalue weighted by molar-refractivity contribution is -0.157. The number of cyclic esters (lactones) is 2. The van der Waals surface area contributed by atoms with Crippen molar-refractivity contribution >= 4 is 23.9 Å². The van der Waals surface area contributed by atoms with Crippen LogP contribution in [0.4, 0.5) is 0 Å². The Balaban J connectivity index is 0.000000534. The molecule has 0 bridgehead atoms. The molecule has 22 heavy (non-hydrogen) atoms. The lowest BCUT2D eigenvalue weighted by Crippen LogP contribution is -2.03. The van der Waals surface area contributed by atoms with E-state index in [-0.39, 0.29) is 12.3 Å². The number of carbonyl (C=O) groups is 4. The van der Waals surface area contributed by atoms with E-state index in [1.54, 1.807) is 6.08 Å². The lowest BCUT2D eigenvalue weighted by atomic mass is 10.1. The first-order valence-corrected chi connectivity index (χ1v) is 7.47. The van der Waals surface area contributed by atoms with Gasteiger partial charge in [-0.3, -0.25) is 19.2 Å². The Kier molecular flexibility index (Phi) is 10.6. The number of hydrogen-bond acceptors (Lipinski definition) is 6. The molecule has 0 radical (unpaired) electrons. The zero-order valence-corrected chi connectivity index (χ0v) is 13.4. The number of hydrogen-bond donors (Lipinski definition) is 0. The summed E-state index contributed by atoms with van der Waals surface area (Å²) in [7, 11) is 0. The molecule has 1 unspecified atom stereocenters. The average molecular weight is 312 g/mol. The lowest BCUT2D eigenvalue weighted by Gasteiger charge is -1.96. The van der Waals surface area contributed by atoms with Crippen molar-refractivity contribution < 1.29 is 28.7 Å². The van der Waals surface area contributed by atoms with Crippen molar-refractivity contribution in [1.29, 1.82) is 0 Å². The van der Waals surface area contributed by atoms with Gasteiger partial charge in [0.15, 0.2) is 0 Å².